The zero-order valence-electron chi connectivity index (χ0n) is 51.2. The van der Waals surface area contributed by atoms with Gasteiger partial charge in [0.05, 0.1) is 0 Å². The Bertz CT molecular complexity index is 1420. The Hall–Kier alpha value is -3.15. The van der Waals surface area contributed by atoms with Gasteiger partial charge in [0.25, 0.3) is 0 Å². The quantitative estimate of drug-likeness (QED) is 0.0261. The topological polar surface area (TPSA) is 78.9 Å². The molecule has 0 amide bonds. The minimum Gasteiger partial charge on any atom is -0.462 e. The van der Waals surface area contributed by atoms with Gasteiger partial charge in [-0.25, -0.2) is 0 Å². The van der Waals surface area contributed by atoms with E-state index in [1.807, 2.05) is 0 Å². The van der Waals surface area contributed by atoms with Crippen LogP contribution in [0.25, 0.3) is 0 Å². The molecule has 0 fully saturated rings. The van der Waals surface area contributed by atoms with Crippen molar-refractivity contribution in [2.24, 2.45) is 0 Å². The van der Waals surface area contributed by atoms with E-state index in [0.29, 0.717) is 19.3 Å². The van der Waals surface area contributed by atoms with Crippen molar-refractivity contribution in [3.8, 4) is 0 Å². The first-order valence-corrected chi connectivity index (χ1v) is 33.4. The number of hydrogen-bond acceptors (Lipinski definition) is 6. The fourth-order valence-electron chi connectivity index (χ4n) is 9.71. The molecule has 446 valence electrons. The molecule has 0 aromatic rings. The maximum atomic E-state index is 12.9. The second-order valence-corrected chi connectivity index (χ2v) is 22.4. The van der Waals surface area contributed by atoms with E-state index >= 15 is 0 Å². The van der Waals surface area contributed by atoms with Crippen molar-refractivity contribution in [3.05, 3.63) is 72.9 Å². The molecular formula is C71H126O6. The average Bonchev–Trinajstić information content (AvgIpc) is 3.43. The molecule has 0 rings (SSSR count). The van der Waals surface area contributed by atoms with Gasteiger partial charge in [0.2, 0.25) is 0 Å². The van der Waals surface area contributed by atoms with Crippen LogP contribution >= 0.6 is 0 Å². The Morgan fingerprint density at radius 1 is 0.273 bits per heavy atom. The molecule has 0 bridgehead atoms. The molecule has 0 spiro atoms. The molecule has 1 atom stereocenters. The molecule has 77 heavy (non-hydrogen) atoms. The number of hydrogen-bond donors (Lipinski definition) is 0. The maximum absolute atomic E-state index is 12.9. The van der Waals surface area contributed by atoms with Crippen molar-refractivity contribution >= 4 is 17.9 Å². The van der Waals surface area contributed by atoms with Crippen molar-refractivity contribution in [1.82, 2.24) is 0 Å². The summed E-state index contributed by atoms with van der Waals surface area (Å²) in [6.45, 7) is 6.51. The third-order valence-electron chi connectivity index (χ3n) is 14.7. The van der Waals surface area contributed by atoms with Crippen LogP contribution in [-0.4, -0.2) is 37.2 Å². The molecule has 0 aliphatic carbocycles. The average molecular weight is 1080 g/mol. The number of rotatable bonds is 61. The Morgan fingerprint density at radius 2 is 0.532 bits per heavy atom. The van der Waals surface area contributed by atoms with Gasteiger partial charge in [0, 0.05) is 19.3 Å². The maximum Gasteiger partial charge on any atom is 0.306 e. The van der Waals surface area contributed by atoms with E-state index in [1.54, 1.807) is 0 Å². The first-order valence-electron chi connectivity index (χ1n) is 33.4. The number of allylic oxidation sites excluding steroid dienone is 12. The summed E-state index contributed by atoms with van der Waals surface area (Å²) < 4.78 is 16.9. The van der Waals surface area contributed by atoms with E-state index in [4.69, 9.17) is 14.2 Å². The molecule has 6 heteroatoms. The fraction of sp³-hybridized carbons (Fsp3) is 0.789. The smallest absolute Gasteiger partial charge is 0.306 e. The SMILES string of the molecule is CC/C=C\C/C=C\C/C=C\C/C=C\C/C=C\CCCCCCCCCCCCCCCC(=O)OCC(COC(=O)CCCCCCC/C=C\CCC)OC(=O)CCCCCCCCCCCCCCCCCCCCCC. The summed E-state index contributed by atoms with van der Waals surface area (Å²) in [5.74, 6) is -0.868. The molecule has 6 nitrogen and oxygen atoms in total. The summed E-state index contributed by atoms with van der Waals surface area (Å²) in [4.78, 5) is 38.3. The molecule has 0 saturated carbocycles. The van der Waals surface area contributed by atoms with Crippen molar-refractivity contribution in [3.63, 3.8) is 0 Å². The third-order valence-corrected chi connectivity index (χ3v) is 14.7. The second kappa shape index (κ2) is 65.4. The van der Waals surface area contributed by atoms with Crippen LogP contribution in [0.15, 0.2) is 72.9 Å². The van der Waals surface area contributed by atoms with Crippen LogP contribution in [0.5, 0.6) is 0 Å². The van der Waals surface area contributed by atoms with Gasteiger partial charge in [-0.2, -0.15) is 0 Å². The summed E-state index contributed by atoms with van der Waals surface area (Å²) in [5.41, 5.74) is 0. The van der Waals surface area contributed by atoms with E-state index < -0.39 is 6.10 Å². The predicted molar refractivity (Wildman–Crippen MR) is 335 cm³/mol. The van der Waals surface area contributed by atoms with Gasteiger partial charge in [0.1, 0.15) is 13.2 Å². The zero-order valence-corrected chi connectivity index (χ0v) is 51.2. The normalized spacial score (nSPS) is 12.5. The van der Waals surface area contributed by atoms with Gasteiger partial charge >= 0.3 is 17.9 Å². The molecule has 0 aliphatic rings. The summed E-state index contributed by atoms with van der Waals surface area (Å²) in [7, 11) is 0. The molecular weight excluding hydrogens is 949 g/mol. The Kier molecular flexibility index (Phi) is 62.7. The minimum atomic E-state index is -0.776. The van der Waals surface area contributed by atoms with E-state index in [9.17, 15) is 14.4 Å². The first kappa shape index (κ1) is 73.8. The molecule has 0 aliphatic heterocycles. The third kappa shape index (κ3) is 63.6. The largest absolute Gasteiger partial charge is 0.462 e. The van der Waals surface area contributed by atoms with E-state index in [0.717, 1.165) is 103 Å². The highest BCUT2D eigenvalue weighted by molar-refractivity contribution is 5.71. The molecule has 0 saturated heterocycles. The van der Waals surface area contributed by atoms with Crippen LogP contribution < -0.4 is 0 Å². The number of unbranched alkanes of at least 4 members (excludes halogenated alkanes) is 38. The van der Waals surface area contributed by atoms with Crippen molar-refractivity contribution in [2.75, 3.05) is 13.2 Å². The van der Waals surface area contributed by atoms with Gasteiger partial charge < -0.3 is 14.2 Å². The molecule has 0 aromatic carbocycles. The van der Waals surface area contributed by atoms with E-state index in [1.165, 1.54) is 199 Å². The Labute approximate surface area is 478 Å². The van der Waals surface area contributed by atoms with Gasteiger partial charge in [-0.1, -0.05) is 312 Å². The predicted octanol–water partition coefficient (Wildman–Crippen LogP) is 22.9. The van der Waals surface area contributed by atoms with Crippen LogP contribution in [-0.2, 0) is 28.6 Å². The number of esters is 3. The van der Waals surface area contributed by atoms with Crippen molar-refractivity contribution in [1.29, 1.82) is 0 Å². The lowest BCUT2D eigenvalue weighted by atomic mass is 10.0. The van der Waals surface area contributed by atoms with Crippen LogP contribution in [0.4, 0.5) is 0 Å². The monoisotopic (exact) mass is 1070 g/mol. The Balaban J connectivity index is 4.17. The van der Waals surface area contributed by atoms with Crippen molar-refractivity contribution < 1.29 is 28.6 Å². The summed E-state index contributed by atoms with van der Waals surface area (Å²) in [5, 5.41) is 0. The highest BCUT2D eigenvalue weighted by Gasteiger charge is 2.19. The summed E-state index contributed by atoms with van der Waals surface area (Å²) >= 11 is 0. The van der Waals surface area contributed by atoms with Crippen LogP contribution in [0, 0.1) is 0 Å². The lowest BCUT2D eigenvalue weighted by molar-refractivity contribution is -0.167. The molecule has 1 unspecified atom stereocenters. The van der Waals surface area contributed by atoms with Gasteiger partial charge in [-0.3, -0.25) is 14.4 Å². The van der Waals surface area contributed by atoms with E-state index in [-0.39, 0.29) is 31.1 Å². The lowest BCUT2D eigenvalue weighted by Crippen LogP contribution is -2.30. The highest BCUT2D eigenvalue weighted by Crippen LogP contribution is 2.18. The van der Waals surface area contributed by atoms with Crippen LogP contribution in [0.1, 0.15) is 342 Å². The fourth-order valence-corrected chi connectivity index (χ4v) is 9.71. The van der Waals surface area contributed by atoms with Gasteiger partial charge in [-0.15, -0.1) is 0 Å². The second-order valence-electron chi connectivity index (χ2n) is 22.4. The van der Waals surface area contributed by atoms with Crippen LogP contribution in [0.2, 0.25) is 0 Å². The number of carbonyl (C=O) groups excluding carboxylic acids is 3. The molecule has 0 radical (unpaired) electrons. The first-order chi connectivity index (χ1) is 38.0. The Morgan fingerprint density at radius 3 is 0.857 bits per heavy atom. The van der Waals surface area contributed by atoms with Gasteiger partial charge in [0.15, 0.2) is 6.10 Å². The summed E-state index contributed by atoms with van der Waals surface area (Å²) in [6, 6.07) is 0. The van der Waals surface area contributed by atoms with Crippen molar-refractivity contribution in [2.45, 2.75) is 348 Å². The van der Waals surface area contributed by atoms with E-state index in [2.05, 4.69) is 93.7 Å². The summed E-state index contributed by atoms with van der Waals surface area (Å²) in [6.07, 6.45) is 85.0. The molecule has 0 N–H and O–H groups in total. The molecule has 0 heterocycles. The highest BCUT2D eigenvalue weighted by atomic mass is 16.6. The number of carbonyl (C=O) groups is 3. The standard InChI is InChI=1S/C71H126O6/c1-4-7-10-13-16-19-22-24-26-28-30-32-33-34-35-36-37-38-39-40-42-43-45-47-49-52-55-58-61-64-70(73)76-67-68(66-75-69(72)63-60-57-54-51-21-18-15-12-9-6-3)77-71(74)65-62-59-56-53-50-48-46-44-41-31-29-27-25-23-20-17-14-11-8-5-2/h7,10,12,15-16,19,24,26,30,32,34-35,68H,4-6,8-9,11,13-14,17-18,20-23,25,27-29,31,33,36-67H2,1-3H3/b10-7-,15-12-,19-16-,26-24-,32-30-,35-34-. The zero-order chi connectivity index (χ0) is 55.7. The lowest BCUT2D eigenvalue weighted by Gasteiger charge is -2.18. The van der Waals surface area contributed by atoms with Gasteiger partial charge in [-0.05, 0) is 83.5 Å². The minimum absolute atomic E-state index is 0.0745. The van der Waals surface area contributed by atoms with Crippen LogP contribution in [0.3, 0.4) is 0 Å². The number of ether oxygens (including phenoxy) is 3. The molecule has 0 aromatic heterocycles.